The fourth-order valence-corrected chi connectivity index (χ4v) is 8.63. The van der Waals surface area contributed by atoms with Gasteiger partial charge >= 0.3 is 0 Å². The third-order valence-corrected chi connectivity index (χ3v) is 11.4. The Morgan fingerprint density at radius 1 is 1.27 bits per heavy atom. The number of aryl methyl sites for hydroxylation is 1. The van der Waals surface area contributed by atoms with Crippen LogP contribution in [0.5, 0.6) is 0 Å². The summed E-state index contributed by atoms with van der Waals surface area (Å²) >= 11 is 1.59. The van der Waals surface area contributed by atoms with E-state index < -0.39 is 8.07 Å². The van der Waals surface area contributed by atoms with Crippen molar-refractivity contribution in [3.63, 3.8) is 0 Å². The van der Waals surface area contributed by atoms with E-state index in [9.17, 15) is 4.79 Å². The highest BCUT2D eigenvalue weighted by Crippen LogP contribution is 2.44. The van der Waals surface area contributed by atoms with Crippen LogP contribution >= 0.6 is 11.3 Å². The van der Waals surface area contributed by atoms with Gasteiger partial charge in [0.1, 0.15) is 8.07 Å². The Bertz CT molecular complexity index is 1210. The molecule has 1 atom stereocenters. The molecular weight excluding hydrogens is 404 g/mol. The van der Waals surface area contributed by atoms with Crippen molar-refractivity contribution >= 4 is 47.4 Å². The minimum Gasteiger partial charge on any atom is -0.388 e. The van der Waals surface area contributed by atoms with Crippen LogP contribution in [0.4, 0.5) is 5.69 Å². The summed E-state index contributed by atoms with van der Waals surface area (Å²) in [5.41, 5.74) is 9.09. The summed E-state index contributed by atoms with van der Waals surface area (Å²) in [7, 11) is 1.61. The number of anilines is 1. The minimum absolute atomic E-state index is 0.113. The zero-order valence-electron chi connectivity index (χ0n) is 18.1. The summed E-state index contributed by atoms with van der Waals surface area (Å²) in [4.78, 5) is 18.5. The van der Waals surface area contributed by atoms with Gasteiger partial charge in [-0.2, -0.15) is 0 Å². The van der Waals surface area contributed by atoms with Crippen LogP contribution in [0.3, 0.4) is 0 Å². The van der Waals surface area contributed by atoms with Crippen LogP contribution in [-0.4, -0.2) is 33.7 Å². The molecule has 0 fully saturated rings. The molecule has 0 bridgehead atoms. The minimum atomic E-state index is -2.17. The van der Waals surface area contributed by atoms with Crippen molar-refractivity contribution in [3.05, 3.63) is 86.4 Å². The topological polar surface area (TPSA) is 41.5 Å². The van der Waals surface area contributed by atoms with Gasteiger partial charge in [0.2, 0.25) is 0 Å². The van der Waals surface area contributed by atoms with E-state index in [2.05, 4.69) is 72.5 Å². The number of hydrogen-bond donors (Lipinski definition) is 1. The molecule has 4 rings (SSSR count). The van der Waals surface area contributed by atoms with E-state index in [1.54, 1.807) is 18.3 Å². The molecule has 2 aromatic rings. The molecule has 0 spiro atoms. The quantitative estimate of drug-likeness (QED) is 0.533. The van der Waals surface area contributed by atoms with Crippen LogP contribution in [0.15, 0.2) is 70.5 Å². The maximum atomic E-state index is 12.1. The molecule has 3 nitrogen and oxygen atoms in total. The first-order valence-corrected chi connectivity index (χ1v) is 13.4. The number of rotatable bonds is 4. The fourth-order valence-electron chi connectivity index (χ4n) is 4.32. The molecule has 152 valence electrons. The maximum absolute atomic E-state index is 12.1. The molecule has 1 aromatic heterocycles. The number of thiophene rings is 1. The van der Waals surface area contributed by atoms with Crippen molar-refractivity contribution in [1.82, 2.24) is 0 Å². The number of Topliss-reactive ketones (excluding diaryl/α,β-unsaturated/α-hetero) is 1. The highest BCUT2D eigenvalue weighted by atomic mass is 32.1. The third-order valence-electron chi connectivity index (χ3n) is 6.13. The highest BCUT2D eigenvalue weighted by molar-refractivity contribution is 7.15. The predicted molar refractivity (Wildman–Crippen MR) is 133 cm³/mol. The molecule has 5 heteroatoms. The molecule has 0 saturated carbocycles. The molecule has 0 radical (unpaired) electrons. The van der Waals surface area contributed by atoms with Crippen LogP contribution < -0.4 is 10.5 Å². The van der Waals surface area contributed by atoms with E-state index in [4.69, 9.17) is 0 Å². The molecular formula is C25H26N2OSSi. The summed E-state index contributed by atoms with van der Waals surface area (Å²) in [6.45, 7) is 10.4. The summed E-state index contributed by atoms with van der Waals surface area (Å²) in [6, 6.07) is 8.65. The molecule has 2 heterocycles. The molecule has 1 N–H and O–H groups in total. The maximum Gasteiger partial charge on any atom is 0.169 e. The van der Waals surface area contributed by atoms with Gasteiger partial charge < -0.3 is 5.32 Å². The number of hydrogen-bond acceptors (Lipinski definition) is 4. The van der Waals surface area contributed by atoms with E-state index in [-0.39, 0.29) is 5.78 Å². The summed E-state index contributed by atoms with van der Waals surface area (Å²) in [6.07, 6.45) is 6.51. The SMILES string of the molecule is C=C[Si]1(C)C2=C/C(=N/C)C=CC2=C(c2sc(C(C)=O)cc2C)c2ccc(NC)cc21. The van der Waals surface area contributed by atoms with Gasteiger partial charge in [0.15, 0.2) is 5.78 Å². The molecule has 1 unspecified atom stereocenters. The second-order valence-electron chi connectivity index (χ2n) is 7.92. The van der Waals surface area contributed by atoms with Gasteiger partial charge in [0.05, 0.1) is 10.6 Å². The lowest BCUT2D eigenvalue weighted by Gasteiger charge is -2.38. The lowest BCUT2D eigenvalue weighted by atomic mass is 9.92. The molecule has 1 aromatic carbocycles. The lowest BCUT2D eigenvalue weighted by molar-refractivity contribution is 0.102. The van der Waals surface area contributed by atoms with Crippen LogP contribution in [0.2, 0.25) is 6.55 Å². The van der Waals surface area contributed by atoms with Gasteiger partial charge in [-0.1, -0.05) is 24.4 Å². The number of nitrogens with zero attached hydrogens (tertiary/aromatic N) is 1. The Hall–Kier alpha value is -2.76. The van der Waals surface area contributed by atoms with Gasteiger partial charge in [0, 0.05) is 30.2 Å². The number of benzene rings is 1. The van der Waals surface area contributed by atoms with E-state index in [1.165, 1.54) is 32.0 Å². The molecule has 30 heavy (non-hydrogen) atoms. The summed E-state index contributed by atoms with van der Waals surface area (Å²) in [5.74, 6) is 0.113. The van der Waals surface area contributed by atoms with E-state index >= 15 is 0 Å². The Labute approximate surface area is 183 Å². The zero-order valence-corrected chi connectivity index (χ0v) is 19.9. The first kappa shape index (κ1) is 20.5. The standard InChI is InChI=1S/C25H26N2OSSi/c1-7-30(6)22-13-17(26-4)8-10-19(22)24(20-11-9-18(27-5)14-23(20)30)25-15(2)12-21(29-25)16(3)28/h7-14,26H,1H2,2-6H3/b27-18+. The van der Waals surface area contributed by atoms with Crippen molar-refractivity contribution < 1.29 is 4.79 Å². The zero-order chi connectivity index (χ0) is 21.6. The Balaban J connectivity index is 2.12. The second-order valence-corrected chi connectivity index (χ2v) is 12.9. The summed E-state index contributed by atoms with van der Waals surface area (Å²) < 4.78 is 0. The van der Waals surface area contributed by atoms with Gasteiger partial charge in [-0.25, -0.2) is 0 Å². The van der Waals surface area contributed by atoms with Crippen LogP contribution in [0.1, 0.15) is 32.6 Å². The summed E-state index contributed by atoms with van der Waals surface area (Å²) in [5, 5.41) is 5.96. The first-order valence-electron chi connectivity index (χ1n) is 10.0. The monoisotopic (exact) mass is 430 g/mol. The Kier molecular flexibility index (Phi) is 5.12. The van der Waals surface area contributed by atoms with Crippen molar-refractivity contribution in [2.45, 2.75) is 20.4 Å². The van der Waals surface area contributed by atoms with Crippen molar-refractivity contribution in [3.8, 4) is 0 Å². The van der Waals surface area contributed by atoms with Crippen LogP contribution in [-0.2, 0) is 0 Å². The van der Waals surface area contributed by atoms with Crippen molar-refractivity contribution in [2.75, 3.05) is 19.4 Å². The van der Waals surface area contributed by atoms with Gasteiger partial charge in [0.25, 0.3) is 0 Å². The van der Waals surface area contributed by atoms with Crippen molar-refractivity contribution in [1.29, 1.82) is 0 Å². The third kappa shape index (κ3) is 3.01. The molecule has 0 saturated heterocycles. The normalized spacial score (nSPS) is 21.2. The van der Waals surface area contributed by atoms with Crippen LogP contribution in [0, 0.1) is 6.92 Å². The molecule has 1 aliphatic heterocycles. The predicted octanol–water partition coefficient (Wildman–Crippen LogP) is 5.23. The number of nitrogens with one attached hydrogen (secondary N) is 1. The molecule has 0 amide bonds. The molecule has 1 aliphatic carbocycles. The number of aliphatic imine (C=N–C) groups is 1. The Morgan fingerprint density at radius 2 is 2.03 bits per heavy atom. The number of carbonyl (C=O) groups excluding carboxylic acids is 1. The second kappa shape index (κ2) is 7.49. The van der Waals surface area contributed by atoms with E-state index in [1.807, 2.05) is 20.2 Å². The number of fused-ring (bicyclic) bond motifs is 2. The van der Waals surface area contributed by atoms with Gasteiger partial charge in [-0.3, -0.25) is 9.79 Å². The smallest absolute Gasteiger partial charge is 0.169 e. The lowest BCUT2D eigenvalue weighted by Crippen LogP contribution is -2.50. The molecule has 2 aliphatic rings. The van der Waals surface area contributed by atoms with Crippen molar-refractivity contribution in [2.24, 2.45) is 4.99 Å². The average Bonchev–Trinajstić information content (AvgIpc) is 3.15. The van der Waals surface area contributed by atoms with Crippen LogP contribution in [0.25, 0.3) is 5.57 Å². The Morgan fingerprint density at radius 3 is 2.63 bits per heavy atom. The number of carbonyl (C=O) groups is 1. The average molecular weight is 431 g/mol. The number of allylic oxidation sites excluding steroid dienone is 5. The number of ketones is 1. The van der Waals surface area contributed by atoms with E-state index in [0.717, 1.165) is 21.8 Å². The highest BCUT2D eigenvalue weighted by Gasteiger charge is 2.41. The largest absolute Gasteiger partial charge is 0.388 e. The first-order chi connectivity index (χ1) is 14.3. The fraction of sp³-hybridized carbons (Fsp3) is 0.200. The van der Waals surface area contributed by atoms with Gasteiger partial charge in [-0.05, 0) is 71.3 Å². The van der Waals surface area contributed by atoms with E-state index in [0.29, 0.717) is 0 Å². The van der Waals surface area contributed by atoms with Gasteiger partial charge in [-0.15, -0.1) is 17.9 Å².